The number of likely N-dealkylation sites (tertiary alicyclic amines) is 1. The Morgan fingerprint density at radius 3 is 2.05 bits per heavy atom. The Morgan fingerprint density at radius 2 is 1.38 bits per heavy atom. The van der Waals surface area contributed by atoms with E-state index in [9.17, 15) is 9.59 Å². The normalized spacial score (nSPS) is 20.3. The van der Waals surface area contributed by atoms with Crippen molar-refractivity contribution < 1.29 is 23.9 Å². The average molecular weight is 521 g/mol. The molecule has 0 saturated carbocycles. The standard InChI is InChI=1S/C32H28N2O5/c1-37-27-19-24(17-18-26(27)38-21-23-13-7-3-8-14-23)29-28-30(39-34(29)25-15-9-4-10-16-25)32(36)33(31(28)35)20-22-11-5-2-6-12-22/h2-19,28-30H,20-21H2,1H3/t28-,29-,30-/m0/s1. The molecule has 2 amide bonds. The lowest BCUT2D eigenvalue weighted by molar-refractivity contribution is -0.143. The maximum Gasteiger partial charge on any atom is 0.262 e. The van der Waals surface area contributed by atoms with Crippen LogP contribution in [-0.4, -0.2) is 29.9 Å². The number of fused-ring (bicyclic) bond motifs is 1. The predicted molar refractivity (Wildman–Crippen MR) is 146 cm³/mol. The molecule has 0 unspecified atom stereocenters. The van der Waals surface area contributed by atoms with Crippen LogP contribution in [-0.2, 0) is 27.6 Å². The minimum atomic E-state index is -0.911. The summed E-state index contributed by atoms with van der Waals surface area (Å²) >= 11 is 0. The number of amides is 2. The van der Waals surface area contributed by atoms with E-state index in [1.165, 1.54) is 4.90 Å². The van der Waals surface area contributed by atoms with Crippen molar-refractivity contribution in [3.8, 4) is 11.5 Å². The zero-order valence-electron chi connectivity index (χ0n) is 21.5. The Bertz CT molecular complexity index is 1460. The molecule has 0 bridgehead atoms. The molecule has 7 heteroatoms. The quantitative estimate of drug-likeness (QED) is 0.293. The van der Waals surface area contributed by atoms with Gasteiger partial charge in [0, 0.05) is 0 Å². The molecular weight excluding hydrogens is 492 g/mol. The molecule has 4 aromatic carbocycles. The van der Waals surface area contributed by atoms with Crippen LogP contribution in [0.3, 0.4) is 0 Å². The first kappa shape index (κ1) is 24.7. The van der Waals surface area contributed by atoms with Gasteiger partial charge in [0.1, 0.15) is 12.5 Å². The molecule has 3 atom stereocenters. The molecule has 7 nitrogen and oxygen atoms in total. The van der Waals surface area contributed by atoms with Crippen LogP contribution < -0.4 is 14.5 Å². The largest absolute Gasteiger partial charge is 0.493 e. The number of rotatable bonds is 8. The first-order chi connectivity index (χ1) is 19.1. The third-order valence-electron chi connectivity index (χ3n) is 7.17. The fourth-order valence-corrected chi connectivity index (χ4v) is 5.25. The topological polar surface area (TPSA) is 68.3 Å². The monoisotopic (exact) mass is 520 g/mol. The van der Waals surface area contributed by atoms with Crippen LogP contribution in [0.15, 0.2) is 109 Å². The Labute approximate surface area is 227 Å². The molecule has 0 spiro atoms. The van der Waals surface area contributed by atoms with E-state index in [0.29, 0.717) is 18.1 Å². The zero-order chi connectivity index (χ0) is 26.8. The van der Waals surface area contributed by atoms with Crippen LogP contribution in [0.25, 0.3) is 0 Å². The van der Waals surface area contributed by atoms with Crippen LogP contribution in [0, 0.1) is 5.92 Å². The third-order valence-corrected chi connectivity index (χ3v) is 7.17. The highest BCUT2D eigenvalue weighted by atomic mass is 16.7. The van der Waals surface area contributed by atoms with Crippen LogP contribution in [0.1, 0.15) is 22.7 Å². The molecule has 2 aliphatic heterocycles. The van der Waals surface area contributed by atoms with E-state index in [1.54, 1.807) is 12.2 Å². The van der Waals surface area contributed by atoms with Crippen LogP contribution in [0.2, 0.25) is 0 Å². The van der Waals surface area contributed by atoms with Crippen molar-refractivity contribution >= 4 is 17.5 Å². The van der Waals surface area contributed by atoms with Gasteiger partial charge in [-0.25, -0.2) is 5.06 Å². The summed E-state index contributed by atoms with van der Waals surface area (Å²) in [5.74, 6) is -0.154. The fraction of sp³-hybridized carbons (Fsp3) is 0.188. The molecule has 0 radical (unpaired) electrons. The van der Waals surface area contributed by atoms with Gasteiger partial charge in [0.05, 0.1) is 25.4 Å². The number of methoxy groups -OCH3 is 1. The van der Waals surface area contributed by atoms with Gasteiger partial charge in [0.15, 0.2) is 17.6 Å². The molecule has 4 aromatic rings. The SMILES string of the molecule is COc1cc([C@H]2[C@@H]3C(=O)N(Cc4ccccc4)C(=O)[C@H]3ON2c2ccccc2)ccc1OCc1ccccc1. The second-order valence-corrected chi connectivity index (χ2v) is 9.59. The summed E-state index contributed by atoms with van der Waals surface area (Å²) in [6, 6.07) is 34.0. The summed E-state index contributed by atoms with van der Waals surface area (Å²) in [6.07, 6.45) is -0.911. The molecule has 2 saturated heterocycles. The van der Waals surface area contributed by atoms with E-state index in [4.69, 9.17) is 14.3 Å². The zero-order valence-corrected chi connectivity index (χ0v) is 21.5. The van der Waals surface area contributed by atoms with Crippen LogP contribution in [0.4, 0.5) is 5.69 Å². The maximum absolute atomic E-state index is 13.8. The van der Waals surface area contributed by atoms with Gasteiger partial charge < -0.3 is 9.47 Å². The number of hydroxylamine groups is 1. The minimum Gasteiger partial charge on any atom is -0.493 e. The van der Waals surface area contributed by atoms with Crippen molar-refractivity contribution in [3.05, 3.63) is 126 Å². The van der Waals surface area contributed by atoms with E-state index >= 15 is 0 Å². The van der Waals surface area contributed by atoms with Gasteiger partial charge in [-0.05, 0) is 41.0 Å². The number of ether oxygens (including phenoxy) is 2. The first-order valence-corrected chi connectivity index (χ1v) is 12.9. The third kappa shape index (κ3) is 4.73. The Balaban J connectivity index is 1.33. The van der Waals surface area contributed by atoms with E-state index < -0.39 is 18.1 Å². The van der Waals surface area contributed by atoms with Gasteiger partial charge in [-0.1, -0.05) is 84.9 Å². The molecule has 0 N–H and O–H groups in total. The van der Waals surface area contributed by atoms with Gasteiger partial charge in [-0.15, -0.1) is 0 Å². The highest BCUT2D eigenvalue weighted by Crippen LogP contribution is 2.48. The summed E-state index contributed by atoms with van der Waals surface area (Å²) in [4.78, 5) is 34.8. The number of hydrogen-bond acceptors (Lipinski definition) is 6. The molecule has 2 heterocycles. The predicted octanol–water partition coefficient (Wildman–Crippen LogP) is 5.32. The summed E-state index contributed by atoms with van der Waals surface area (Å²) in [7, 11) is 1.59. The van der Waals surface area contributed by atoms with E-state index in [0.717, 1.165) is 22.4 Å². The number of carbonyl (C=O) groups excluding carboxylic acids is 2. The Morgan fingerprint density at radius 1 is 0.744 bits per heavy atom. The second kappa shape index (κ2) is 10.6. The highest BCUT2D eigenvalue weighted by molar-refractivity contribution is 6.07. The van der Waals surface area contributed by atoms with Crippen molar-refractivity contribution in [3.63, 3.8) is 0 Å². The number of carbonyl (C=O) groups is 2. The van der Waals surface area contributed by atoms with Gasteiger partial charge in [0.2, 0.25) is 5.91 Å². The summed E-state index contributed by atoms with van der Waals surface area (Å²) in [6.45, 7) is 0.605. The van der Waals surface area contributed by atoms with Crippen molar-refractivity contribution in [1.82, 2.24) is 4.90 Å². The summed E-state index contributed by atoms with van der Waals surface area (Å²) in [5.41, 5.74) is 3.48. The van der Waals surface area contributed by atoms with Crippen molar-refractivity contribution in [2.45, 2.75) is 25.3 Å². The fourth-order valence-electron chi connectivity index (χ4n) is 5.25. The number of benzene rings is 4. The van der Waals surface area contributed by atoms with Gasteiger partial charge >= 0.3 is 0 Å². The molecule has 0 aromatic heterocycles. The lowest BCUT2D eigenvalue weighted by Gasteiger charge is -2.29. The first-order valence-electron chi connectivity index (χ1n) is 12.9. The van der Waals surface area contributed by atoms with Crippen molar-refractivity contribution in [1.29, 1.82) is 0 Å². The summed E-state index contributed by atoms with van der Waals surface area (Å²) in [5, 5.41) is 1.68. The number of anilines is 1. The Hall–Kier alpha value is -4.62. The van der Waals surface area contributed by atoms with E-state index in [1.807, 2.05) is 109 Å². The van der Waals surface area contributed by atoms with Crippen LogP contribution >= 0.6 is 0 Å². The lowest BCUT2D eigenvalue weighted by Crippen LogP contribution is -2.36. The molecule has 39 heavy (non-hydrogen) atoms. The average Bonchev–Trinajstić information content (AvgIpc) is 3.49. The lowest BCUT2D eigenvalue weighted by atomic mass is 9.90. The molecular formula is C32H28N2O5. The maximum atomic E-state index is 13.8. The molecule has 196 valence electrons. The molecule has 2 fully saturated rings. The van der Waals surface area contributed by atoms with Gasteiger partial charge in [-0.3, -0.25) is 19.3 Å². The molecule has 6 rings (SSSR count). The van der Waals surface area contributed by atoms with Gasteiger partial charge in [0.25, 0.3) is 5.91 Å². The van der Waals surface area contributed by atoms with E-state index in [2.05, 4.69) is 0 Å². The molecule has 2 aliphatic rings. The number of hydrogen-bond donors (Lipinski definition) is 0. The number of para-hydroxylation sites is 1. The number of imide groups is 1. The summed E-state index contributed by atoms with van der Waals surface area (Å²) < 4.78 is 11.7. The smallest absolute Gasteiger partial charge is 0.262 e. The van der Waals surface area contributed by atoms with Crippen LogP contribution in [0.5, 0.6) is 11.5 Å². The van der Waals surface area contributed by atoms with Gasteiger partial charge in [-0.2, -0.15) is 0 Å². The van der Waals surface area contributed by atoms with E-state index in [-0.39, 0.29) is 18.4 Å². The number of nitrogens with zero attached hydrogens (tertiary/aromatic N) is 2. The molecule has 0 aliphatic carbocycles. The highest BCUT2D eigenvalue weighted by Gasteiger charge is 2.59. The van der Waals surface area contributed by atoms with Crippen molar-refractivity contribution in [2.75, 3.05) is 12.2 Å². The van der Waals surface area contributed by atoms with Crippen molar-refractivity contribution in [2.24, 2.45) is 5.92 Å². The second-order valence-electron chi connectivity index (χ2n) is 9.59. The minimum absolute atomic E-state index is 0.211. The Kier molecular flexibility index (Phi) is 6.73.